The Kier molecular flexibility index (Phi) is 4.88. The lowest BCUT2D eigenvalue weighted by Gasteiger charge is -2.11. The van der Waals surface area contributed by atoms with Gasteiger partial charge < -0.3 is 5.32 Å². The summed E-state index contributed by atoms with van der Waals surface area (Å²) in [7, 11) is 0. The molecule has 2 aromatic rings. The molecule has 0 unspecified atom stereocenters. The van der Waals surface area contributed by atoms with Crippen LogP contribution in [0.15, 0.2) is 42.5 Å². The number of hydrogen-bond acceptors (Lipinski definition) is 3. The molecule has 0 heterocycles. The van der Waals surface area contributed by atoms with E-state index in [1.807, 2.05) is 6.07 Å². The van der Waals surface area contributed by atoms with Gasteiger partial charge in [-0.15, -0.1) is 0 Å². The van der Waals surface area contributed by atoms with E-state index in [9.17, 15) is 4.79 Å². The summed E-state index contributed by atoms with van der Waals surface area (Å²) < 4.78 is 0. The summed E-state index contributed by atoms with van der Waals surface area (Å²) >= 11 is 11.7. The van der Waals surface area contributed by atoms with Crippen molar-refractivity contribution in [2.24, 2.45) is 0 Å². The molecule has 0 atom stereocenters. The van der Waals surface area contributed by atoms with Crippen LogP contribution in [0.1, 0.15) is 5.56 Å². The van der Waals surface area contributed by atoms with Crippen LogP contribution in [0.2, 0.25) is 10.0 Å². The predicted molar refractivity (Wildman–Crippen MR) is 83.4 cm³/mol. The first-order valence-corrected chi connectivity index (χ1v) is 6.62. The van der Waals surface area contributed by atoms with Crippen molar-refractivity contribution in [3.63, 3.8) is 0 Å². The van der Waals surface area contributed by atoms with Gasteiger partial charge in [-0.2, -0.15) is 5.26 Å². The summed E-state index contributed by atoms with van der Waals surface area (Å²) in [5.41, 5.74) is 6.73. The van der Waals surface area contributed by atoms with Gasteiger partial charge in [-0.25, -0.2) is 4.79 Å². The van der Waals surface area contributed by atoms with E-state index in [4.69, 9.17) is 28.5 Å². The van der Waals surface area contributed by atoms with Gasteiger partial charge in [0.25, 0.3) is 0 Å². The van der Waals surface area contributed by atoms with Crippen LogP contribution in [0.5, 0.6) is 0 Å². The SMILES string of the molecule is N#Cc1ccc(NC(=O)NNc2ccc(Cl)cc2Cl)cc1. The largest absolute Gasteiger partial charge is 0.337 e. The molecule has 0 bridgehead atoms. The molecule has 0 aromatic heterocycles. The van der Waals surface area contributed by atoms with E-state index >= 15 is 0 Å². The number of urea groups is 1. The van der Waals surface area contributed by atoms with E-state index in [1.54, 1.807) is 42.5 Å². The minimum atomic E-state index is -0.467. The molecular weight excluding hydrogens is 311 g/mol. The number of nitriles is 1. The van der Waals surface area contributed by atoms with E-state index in [0.717, 1.165) is 0 Å². The van der Waals surface area contributed by atoms with Crippen LogP contribution in [0.25, 0.3) is 0 Å². The van der Waals surface area contributed by atoms with Gasteiger partial charge >= 0.3 is 6.03 Å². The summed E-state index contributed by atoms with van der Waals surface area (Å²) in [6.45, 7) is 0. The van der Waals surface area contributed by atoms with Crippen molar-refractivity contribution in [3.8, 4) is 6.07 Å². The van der Waals surface area contributed by atoms with Crippen LogP contribution in [0, 0.1) is 11.3 Å². The first-order chi connectivity index (χ1) is 10.1. The Labute approximate surface area is 131 Å². The lowest BCUT2D eigenvalue weighted by molar-refractivity contribution is 0.254. The predicted octanol–water partition coefficient (Wildman–Crippen LogP) is 4.01. The molecule has 0 aliphatic rings. The molecule has 2 rings (SSSR count). The van der Waals surface area contributed by atoms with Crippen LogP contribution >= 0.6 is 23.2 Å². The number of nitrogens with zero attached hydrogens (tertiary/aromatic N) is 1. The minimum Gasteiger partial charge on any atom is -0.307 e. The van der Waals surface area contributed by atoms with Gasteiger partial charge in [-0.3, -0.25) is 10.9 Å². The van der Waals surface area contributed by atoms with E-state index in [-0.39, 0.29) is 0 Å². The zero-order valence-electron chi connectivity index (χ0n) is 10.7. The van der Waals surface area contributed by atoms with Crippen LogP contribution in [-0.4, -0.2) is 6.03 Å². The molecule has 21 heavy (non-hydrogen) atoms. The zero-order chi connectivity index (χ0) is 15.2. The van der Waals surface area contributed by atoms with Crippen molar-refractivity contribution in [1.29, 1.82) is 5.26 Å². The zero-order valence-corrected chi connectivity index (χ0v) is 12.2. The standard InChI is InChI=1S/C14H10Cl2N4O/c15-10-3-6-13(12(16)7-10)19-20-14(21)18-11-4-1-9(8-17)2-5-11/h1-7,19H,(H2,18,20,21). The second kappa shape index (κ2) is 6.84. The second-order valence-corrected chi connectivity index (χ2v) is 4.86. The topological polar surface area (TPSA) is 77.0 Å². The van der Waals surface area contributed by atoms with Gasteiger partial charge in [-0.05, 0) is 42.5 Å². The monoisotopic (exact) mass is 320 g/mol. The Morgan fingerprint density at radius 1 is 1.10 bits per heavy atom. The summed E-state index contributed by atoms with van der Waals surface area (Å²) in [5, 5.41) is 12.2. The highest BCUT2D eigenvalue weighted by molar-refractivity contribution is 6.36. The fourth-order valence-corrected chi connectivity index (χ4v) is 1.96. The molecule has 7 heteroatoms. The van der Waals surface area contributed by atoms with E-state index < -0.39 is 6.03 Å². The van der Waals surface area contributed by atoms with Crippen molar-refractivity contribution < 1.29 is 4.79 Å². The molecule has 3 N–H and O–H groups in total. The molecule has 0 saturated carbocycles. The normalized spacial score (nSPS) is 9.57. The van der Waals surface area contributed by atoms with Crippen molar-refractivity contribution in [3.05, 3.63) is 58.1 Å². The fraction of sp³-hybridized carbons (Fsp3) is 0. The van der Waals surface area contributed by atoms with Crippen LogP contribution in [0.4, 0.5) is 16.2 Å². The summed E-state index contributed by atoms with van der Waals surface area (Å²) in [4.78, 5) is 11.7. The molecule has 0 radical (unpaired) electrons. The summed E-state index contributed by atoms with van der Waals surface area (Å²) in [5.74, 6) is 0. The van der Waals surface area contributed by atoms with Gasteiger partial charge in [-0.1, -0.05) is 23.2 Å². The number of rotatable bonds is 3. The smallest absolute Gasteiger partial charge is 0.307 e. The third-order valence-electron chi connectivity index (χ3n) is 2.51. The lowest BCUT2D eigenvalue weighted by atomic mass is 10.2. The molecule has 0 aliphatic carbocycles. The summed E-state index contributed by atoms with van der Waals surface area (Å²) in [6.07, 6.45) is 0. The first kappa shape index (κ1) is 15.0. The van der Waals surface area contributed by atoms with Crippen LogP contribution in [0.3, 0.4) is 0 Å². The average Bonchev–Trinajstić information content (AvgIpc) is 2.47. The molecular formula is C14H10Cl2N4O. The maximum Gasteiger partial charge on any atom is 0.337 e. The lowest BCUT2D eigenvalue weighted by Crippen LogP contribution is -2.33. The first-order valence-electron chi connectivity index (χ1n) is 5.87. The number of hydrogen-bond donors (Lipinski definition) is 3. The van der Waals surface area contributed by atoms with E-state index in [2.05, 4.69) is 16.2 Å². The molecule has 0 fully saturated rings. The van der Waals surface area contributed by atoms with E-state index in [1.165, 1.54) is 0 Å². The van der Waals surface area contributed by atoms with Crippen molar-refractivity contribution in [2.45, 2.75) is 0 Å². The fourth-order valence-electron chi connectivity index (χ4n) is 1.51. The number of benzene rings is 2. The van der Waals surface area contributed by atoms with Crippen molar-refractivity contribution in [1.82, 2.24) is 5.43 Å². The Morgan fingerprint density at radius 3 is 2.43 bits per heavy atom. The quantitative estimate of drug-likeness (QED) is 0.747. The minimum absolute atomic E-state index is 0.390. The average molecular weight is 321 g/mol. The molecule has 2 aromatic carbocycles. The van der Waals surface area contributed by atoms with Gasteiger partial charge in [0.1, 0.15) is 0 Å². The molecule has 0 saturated heterocycles. The number of carbonyl (C=O) groups is 1. The number of carbonyl (C=O) groups excluding carboxylic acids is 1. The van der Waals surface area contributed by atoms with Gasteiger partial charge in [0, 0.05) is 10.7 Å². The Balaban J connectivity index is 1.91. The number of amides is 2. The van der Waals surface area contributed by atoms with Crippen molar-refractivity contribution in [2.75, 3.05) is 10.7 Å². The maximum absolute atomic E-state index is 11.7. The van der Waals surface area contributed by atoms with Crippen LogP contribution in [-0.2, 0) is 0 Å². The van der Waals surface area contributed by atoms with E-state index in [0.29, 0.717) is 27.0 Å². The molecule has 0 spiro atoms. The third-order valence-corrected chi connectivity index (χ3v) is 3.06. The highest BCUT2D eigenvalue weighted by atomic mass is 35.5. The van der Waals surface area contributed by atoms with Gasteiger partial charge in [0.15, 0.2) is 0 Å². The molecule has 5 nitrogen and oxygen atoms in total. The number of anilines is 2. The van der Waals surface area contributed by atoms with Gasteiger partial charge in [0.05, 0.1) is 22.3 Å². The highest BCUT2D eigenvalue weighted by Gasteiger charge is 2.04. The van der Waals surface area contributed by atoms with Crippen LogP contribution < -0.4 is 16.2 Å². The third kappa shape index (κ3) is 4.28. The van der Waals surface area contributed by atoms with Gasteiger partial charge in [0.2, 0.25) is 0 Å². The number of halogens is 2. The molecule has 106 valence electrons. The number of hydrazine groups is 1. The van der Waals surface area contributed by atoms with Crippen molar-refractivity contribution >= 4 is 40.6 Å². The second-order valence-electron chi connectivity index (χ2n) is 4.02. The highest BCUT2D eigenvalue weighted by Crippen LogP contribution is 2.24. The summed E-state index contributed by atoms with van der Waals surface area (Å²) in [6, 6.07) is 12.9. The Bertz CT molecular complexity index is 695. The number of nitrogens with one attached hydrogen (secondary N) is 3. The Hall–Kier alpha value is -2.42. The molecule has 2 amide bonds. The molecule has 0 aliphatic heterocycles. The Morgan fingerprint density at radius 2 is 1.81 bits per heavy atom. The maximum atomic E-state index is 11.7.